The Morgan fingerprint density at radius 2 is 1.79 bits per heavy atom. The van der Waals surface area contributed by atoms with E-state index in [4.69, 9.17) is 14.6 Å². The summed E-state index contributed by atoms with van der Waals surface area (Å²) in [7, 11) is 1.61. The van der Waals surface area contributed by atoms with E-state index >= 15 is 0 Å². The highest BCUT2D eigenvalue weighted by atomic mass is 16.5. The third kappa shape index (κ3) is 5.92. The maximum absolute atomic E-state index is 9.78. The van der Waals surface area contributed by atoms with E-state index in [1.54, 1.807) is 31.4 Å². The third-order valence-corrected chi connectivity index (χ3v) is 2.71. The van der Waals surface area contributed by atoms with E-state index in [0.29, 0.717) is 12.3 Å². The zero-order valence-electron chi connectivity index (χ0n) is 11.7. The summed E-state index contributed by atoms with van der Waals surface area (Å²) in [5.41, 5.74) is -0.402. The highest BCUT2D eigenvalue weighted by Gasteiger charge is 2.17. The minimum Gasteiger partial charge on any atom is -0.497 e. The van der Waals surface area contributed by atoms with Crippen LogP contribution < -0.4 is 14.8 Å². The van der Waals surface area contributed by atoms with E-state index in [-0.39, 0.29) is 13.2 Å². The van der Waals surface area contributed by atoms with Gasteiger partial charge in [-0.15, -0.1) is 0 Å². The van der Waals surface area contributed by atoms with Crippen LogP contribution in [0.2, 0.25) is 0 Å². The zero-order valence-corrected chi connectivity index (χ0v) is 11.7. The molecule has 0 aliphatic rings. The second-order valence-electron chi connectivity index (χ2n) is 5.06. The standard InChI is InChI=1S/C14H23NO4/c1-14(2,10-16)15-8-11(17)9-19-13-6-4-12(18-3)5-7-13/h4-7,11,15-17H,8-10H2,1-3H3. The Kier molecular flexibility index (Phi) is 6.08. The number of benzene rings is 1. The van der Waals surface area contributed by atoms with Gasteiger partial charge in [-0.3, -0.25) is 0 Å². The van der Waals surface area contributed by atoms with Crippen molar-refractivity contribution in [3.8, 4) is 11.5 Å². The van der Waals surface area contributed by atoms with Gasteiger partial charge in [-0.2, -0.15) is 0 Å². The summed E-state index contributed by atoms with van der Waals surface area (Å²) in [6, 6.07) is 7.18. The van der Waals surface area contributed by atoms with Crippen LogP contribution in [0.15, 0.2) is 24.3 Å². The molecule has 5 heteroatoms. The molecule has 1 unspecified atom stereocenters. The molecule has 5 nitrogen and oxygen atoms in total. The van der Waals surface area contributed by atoms with Crippen molar-refractivity contribution >= 4 is 0 Å². The van der Waals surface area contributed by atoms with Gasteiger partial charge in [0.1, 0.15) is 24.2 Å². The first-order chi connectivity index (χ1) is 8.96. The normalized spacial score (nSPS) is 13.1. The van der Waals surface area contributed by atoms with Gasteiger partial charge < -0.3 is 25.0 Å². The molecule has 1 rings (SSSR count). The van der Waals surface area contributed by atoms with Crippen molar-refractivity contribution in [1.82, 2.24) is 5.32 Å². The van der Waals surface area contributed by atoms with E-state index in [1.807, 2.05) is 13.8 Å². The van der Waals surface area contributed by atoms with Crippen molar-refractivity contribution in [2.45, 2.75) is 25.5 Å². The number of ether oxygens (including phenoxy) is 2. The van der Waals surface area contributed by atoms with Crippen molar-refractivity contribution in [1.29, 1.82) is 0 Å². The lowest BCUT2D eigenvalue weighted by atomic mass is 10.1. The molecule has 3 N–H and O–H groups in total. The Labute approximate surface area is 114 Å². The average molecular weight is 269 g/mol. The molecule has 0 saturated heterocycles. The monoisotopic (exact) mass is 269 g/mol. The lowest BCUT2D eigenvalue weighted by Gasteiger charge is -2.25. The van der Waals surface area contributed by atoms with Crippen LogP contribution >= 0.6 is 0 Å². The van der Waals surface area contributed by atoms with Gasteiger partial charge in [-0.1, -0.05) is 0 Å². The third-order valence-electron chi connectivity index (χ3n) is 2.71. The van der Waals surface area contributed by atoms with E-state index in [2.05, 4.69) is 5.32 Å². The zero-order chi connectivity index (χ0) is 14.3. The summed E-state index contributed by atoms with van der Waals surface area (Å²) in [6.45, 7) is 4.30. The van der Waals surface area contributed by atoms with Crippen molar-refractivity contribution < 1.29 is 19.7 Å². The van der Waals surface area contributed by atoms with Crippen LogP contribution in [0.1, 0.15) is 13.8 Å². The van der Waals surface area contributed by atoms with Crippen LogP contribution in [0.5, 0.6) is 11.5 Å². The van der Waals surface area contributed by atoms with E-state index in [9.17, 15) is 5.11 Å². The number of β-amino-alcohol motifs (C(OH)–C–C–N with tert-alkyl or cyclic N) is 1. The topological polar surface area (TPSA) is 71.0 Å². The Balaban J connectivity index is 2.31. The van der Waals surface area contributed by atoms with Crippen molar-refractivity contribution in [3.63, 3.8) is 0 Å². The van der Waals surface area contributed by atoms with E-state index < -0.39 is 11.6 Å². The molecular formula is C14H23NO4. The fraction of sp³-hybridized carbons (Fsp3) is 0.571. The Morgan fingerprint density at radius 1 is 1.21 bits per heavy atom. The summed E-state index contributed by atoms with van der Waals surface area (Å²) in [4.78, 5) is 0. The molecule has 19 heavy (non-hydrogen) atoms. The Morgan fingerprint density at radius 3 is 2.32 bits per heavy atom. The van der Waals surface area contributed by atoms with Crippen LogP contribution in [0.4, 0.5) is 0 Å². The van der Waals surface area contributed by atoms with Gasteiger partial charge in [-0.05, 0) is 38.1 Å². The van der Waals surface area contributed by atoms with E-state index in [1.165, 1.54) is 0 Å². The molecule has 0 fully saturated rings. The number of nitrogens with one attached hydrogen (secondary N) is 1. The molecule has 1 aromatic rings. The number of methoxy groups -OCH3 is 1. The molecule has 0 aliphatic heterocycles. The molecule has 0 spiro atoms. The predicted octanol–water partition coefficient (Wildman–Crippen LogP) is 0.795. The molecule has 0 aromatic heterocycles. The van der Waals surface area contributed by atoms with Crippen molar-refractivity contribution in [3.05, 3.63) is 24.3 Å². The minimum atomic E-state index is -0.632. The van der Waals surface area contributed by atoms with Crippen LogP contribution in [0.3, 0.4) is 0 Å². The summed E-state index contributed by atoms with van der Waals surface area (Å²) >= 11 is 0. The minimum absolute atomic E-state index is 0.0130. The lowest BCUT2D eigenvalue weighted by molar-refractivity contribution is 0.0906. The van der Waals surface area contributed by atoms with E-state index in [0.717, 1.165) is 5.75 Å². The maximum Gasteiger partial charge on any atom is 0.119 e. The van der Waals surface area contributed by atoms with Gasteiger partial charge in [0.25, 0.3) is 0 Å². The quantitative estimate of drug-likeness (QED) is 0.651. The average Bonchev–Trinajstić information content (AvgIpc) is 2.43. The van der Waals surface area contributed by atoms with Crippen molar-refractivity contribution in [2.24, 2.45) is 0 Å². The number of rotatable bonds is 8. The molecule has 108 valence electrons. The number of hydrogen-bond acceptors (Lipinski definition) is 5. The second kappa shape index (κ2) is 7.33. The van der Waals surface area contributed by atoms with Gasteiger partial charge in [0.15, 0.2) is 0 Å². The molecule has 1 atom stereocenters. The molecule has 0 saturated carbocycles. The first-order valence-corrected chi connectivity index (χ1v) is 6.27. The molecule has 1 aromatic carbocycles. The fourth-order valence-electron chi connectivity index (χ4n) is 1.37. The first kappa shape index (κ1) is 15.8. The van der Waals surface area contributed by atoms with Gasteiger partial charge in [-0.25, -0.2) is 0 Å². The predicted molar refractivity (Wildman–Crippen MR) is 73.7 cm³/mol. The van der Waals surface area contributed by atoms with Crippen LogP contribution in [0.25, 0.3) is 0 Å². The molecule has 0 bridgehead atoms. The maximum atomic E-state index is 9.78. The molecule has 0 amide bonds. The van der Waals surface area contributed by atoms with Crippen LogP contribution in [0, 0.1) is 0 Å². The Bertz CT molecular complexity index is 364. The molecule has 0 radical (unpaired) electrons. The summed E-state index contributed by atoms with van der Waals surface area (Å²) < 4.78 is 10.5. The number of aliphatic hydroxyl groups excluding tert-OH is 2. The second-order valence-corrected chi connectivity index (χ2v) is 5.06. The Hall–Kier alpha value is -1.30. The van der Waals surface area contributed by atoms with Gasteiger partial charge in [0, 0.05) is 12.1 Å². The molecular weight excluding hydrogens is 246 g/mol. The van der Waals surface area contributed by atoms with Crippen molar-refractivity contribution in [2.75, 3.05) is 26.9 Å². The van der Waals surface area contributed by atoms with Crippen LogP contribution in [-0.2, 0) is 0 Å². The smallest absolute Gasteiger partial charge is 0.119 e. The summed E-state index contributed by atoms with van der Waals surface area (Å²) in [6.07, 6.45) is -0.632. The molecule has 0 aliphatic carbocycles. The number of aliphatic hydroxyl groups is 2. The van der Waals surface area contributed by atoms with Gasteiger partial charge >= 0.3 is 0 Å². The summed E-state index contributed by atoms with van der Waals surface area (Å²) in [5.74, 6) is 1.44. The fourth-order valence-corrected chi connectivity index (χ4v) is 1.37. The SMILES string of the molecule is COc1ccc(OCC(O)CNC(C)(C)CO)cc1. The van der Waals surface area contributed by atoms with Crippen LogP contribution in [-0.4, -0.2) is 48.7 Å². The van der Waals surface area contributed by atoms with Gasteiger partial charge in [0.2, 0.25) is 0 Å². The summed E-state index contributed by atoms with van der Waals surface area (Å²) in [5, 5.41) is 21.9. The first-order valence-electron chi connectivity index (χ1n) is 6.27. The largest absolute Gasteiger partial charge is 0.497 e. The molecule has 0 heterocycles. The van der Waals surface area contributed by atoms with Gasteiger partial charge in [0.05, 0.1) is 13.7 Å². The highest BCUT2D eigenvalue weighted by molar-refractivity contribution is 5.31. The lowest BCUT2D eigenvalue weighted by Crippen LogP contribution is -2.47. The number of hydrogen-bond donors (Lipinski definition) is 3. The highest BCUT2D eigenvalue weighted by Crippen LogP contribution is 2.17.